The molecule has 2 aromatic heterocycles. The Hall–Kier alpha value is -2.47. The molecule has 6 heteroatoms. The van der Waals surface area contributed by atoms with Crippen molar-refractivity contribution in [2.24, 2.45) is 0 Å². The highest BCUT2D eigenvalue weighted by molar-refractivity contribution is 5.94. The number of carbonyl (C=O) groups excluding carboxylic acids is 1. The molecule has 116 valence electrons. The highest BCUT2D eigenvalue weighted by Gasteiger charge is 2.06. The minimum absolute atomic E-state index is 0.0868. The van der Waals surface area contributed by atoms with Gasteiger partial charge in [-0.3, -0.25) is 9.78 Å². The summed E-state index contributed by atoms with van der Waals surface area (Å²) in [6, 6.07) is 7.34. The van der Waals surface area contributed by atoms with E-state index < -0.39 is 0 Å². The van der Waals surface area contributed by atoms with Crippen molar-refractivity contribution in [1.29, 1.82) is 0 Å². The van der Waals surface area contributed by atoms with Crippen LogP contribution in [0.25, 0.3) is 0 Å². The summed E-state index contributed by atoms with van der Waals surface area (Å²) >= 11 is 0. The van der Waals surface area contributed by atoms with Gasteiger partial charge in [-0.1, -0.05) is 0 Å². The summed E-state index contributed by atoms with van der Waals surface area (Å²) < 4.78 is 0. The first-order chi connectivity index (χ1) is 10.6. The fourth-order valence-electron chi connectivity index (χ4n) is 1.86. The zero-order valence-corrected chi connectivity index (χ0v) is 12.9. The third-order valence-corrected chi connectivity index (χ3v) is 3.09. The van der Waals surface area contributed by atoms with E-state index in [0.717, 1.165) is 12.1 Å². The molecule has 1 amide bonds. The highest BCUT2D eigenvalue weighted by atomic mass is 16.1. The van der Waals surface area contributed by atoms with Crippen LogP contribution in [0.2, 0.25) is 0 Å². The van der Waals surface area contributed by atoms with E-state index in [2.05, 4.69) is 20.6 Å². The average Bonchev–Trinajstić information content (AvgIpc) is 2.54. The van der Waals surface area contributed by atoms with Crippen LogP contribution in [-0.2, 0) is 6.54 Å². The number of likely N-dealkylation sites (N-methyl/N-ethyl adjacent to an activating group) is 1. The molecule has 0 aliphatic carbocycles. The Bertz CT molecular complexity index is 600. The third-order valence-electron chi connectivity index (χ3n) is 3.09. The predicted octanol–water partition coefficient (Wildman–Crippen LogP) is 1.38. The lowest BCUT2D eigenvalue weighted by Gasteiger charge is -2.11. The molecule has 0 saturated carbocycles. The largest absolute Gasteiger partial charge is 0.366 e. The van der Waals surface area contributed by atoms with Gasteiger partial charge in [-0.25, -0.2) is 4.98 Å². The molecule has 0 saturated heterocycles. The van der Waals surface area contributed by atoms with E-state index in [0.29, 0.717) is 24.5 Å². The standard InChI is InChI=1S/C16H21N5O/c1-21(2)10-9-19-16(22)14-5-8-18-15(11-14)20-12-13-3-6-17-7-4-13/h3-8,11H,9-10,12H2,1-2H3,(H,18,20)(H,19,22). The van der Waals surface area contributed by atoms with Crippen molar-refractivity contribution >= 4 is 11.7 Å². The van der Waals surface area contributed by atoms with E-state index in [9.17, 15) is 4.79 Å². The molecule has 0 bridgehead atoms. The monoisotopic (exact) mass is 299 g/mol. The van der Waals surface area contributed by atoms with Crippen LogP contribution in [0.1, 0.15) is 15.9 Å². The molecule has 0 aromatic carbocycles. The van der Waals surface area contributed by atoms with Gasteiger partial charge in [-0.15, -0.1) is 0 Å². The van der Waals surface area contributed by atoms with Gasteiger partial charge < -0.3 is 15.5 Å². The predicted molar refractivity (Wildman–Crippen MR) is 86.7 cm³/mol. The molecule has 0 unspecified atom stereocenters. The van der Waals surface area contributed by atoms with Gasteiger partial charge in [0.15, 0.2) is 0 Å². The number of nitrogens with one attached hydrogen (secondary N) is 2. The molecule has 0 radical (unpaired) electrons. The van der Waals surface area contributed by atoms with Gasteiger partial charge in [0.25, 0.3) is 5.91 Å². The molecule has 22 heavy (non-hydrogen) atoms. The molecular formula is C16H21N5O. The summed E-state index contributed by atoms with van der Waals surface area (Å²) in [7, 11) is 3.94. The summed E-state index contributed by atoms with van der Waals surface area (Å²) in [5, 5.41) is 6.09. The quantitative estimate of drug-likeness (QED) is 0.808. The van der Waals surface area contributed by atoms with Gasteiger partial charge in [0, 0.05) is 43.8 Å². The van der Waals surface area contributed by atoms with E-state index in [1.165, 1.54) is 0 Å². The normalized spacial score (nSPS) is 10.5. The van der Waals surface area contributed by atoms with Crippen LogP contribution in [-0.4, -0.2) is 48.0 Å². The zero-order valence-electron chi connectivity index (χ0n) is 12.9. The van der Waals surface area contributed by atoms with Gasteiger partial charge in [-0.05, 0) is 43.9 Å². The lowest BCUT2D eigenvalue weighted by molar-refractivity contribution is 0.0951. The van der Waals surface area contributed by atoms with E-state index in [4.69, 9.17) is 0 Å². The smallest absolute Gasteiger partial charge is 0.251 e. The van der Waals surface area contributed by atoms with E-state index in [-0.39, 0.29) is 5.91 Å². The number of pyridine rings is 2. The van der Waals surface area contributed by atoms with Crippen LogP contribution in [0.5, 0.6) is 0 Å². The Morgan fingerprint density at radius 2 is 1.95 bits per heavy atom. The summed E-state index contributed by atoms with van der Waals surface area (Å²) in [5.74, 6) is 0.591. The third kappa shape index (κ3) is 5.14. The number of aromatic nitrogens is 2. The lowest BCUT2D eigenvalue weighted by Crippen LogP contribution is -2.31. The molecule has 2 heterocycles. The number of rotatable bonds is 7. The van der Waals surface area contributed by atoms with Crippen molar-refractivity contribution in [1.82, 2.24) is 20.2 Å². The van der Waals surface area contributed by atoms with Crippen molar-refractivity contribution in [3.05, 3.63) is 54.0 Å². The molecule has 0 aliphatic rings. The Kier molecular flexibility index (Phi) is 5.85. The number of hydrogen-bond donors (Lipinski definition) is 2. The van der Waals surface area contributed by atoms with Crippen LogP contribution in [0.3, 0.4) is 0 Å². The Morgan fingerprint density at radius 3 is 2.68 bits per heavy atom. The first kappa shape index (κ1) is 15.9. The summed E-state index contributed by atoms with van der Waals surface area (Å²) in [6.45, 7) is 2.07. The van der Waals surface area contributed by atoms with E-state index >= 15 is 0 Å². The fraction of sp³-hybridized carbons (Fsp3) is 0.312. The molecule has 0 atom stereocenters. The molecule has 0 spiro atoms. The molecule has 6 nitrogen and oxygen atoms in total. The van der Waals surface area contributed by atoms with Crippen molar-refractivity contribution < 1.29 is 4.79 Å². The Balaban J connectivity index is 1.90. The number of hydrogen-bond acceptors (Lipinski definition) is 5. The Labute approximate surface area is 130 Å². The van der Waals surface area contributed by atoms with Crippen molar-refractivity contribution in [3.63, 3.8) is 0 Å². The lowest BCUT2D eigenvalue weighted by atomic mass is 10.2. The minimum Gasteiger partial charge on any atom is -0.366 e. The molecule has 2 rings (SSSR count). The maximum Gasteiger partial charge on any atom is 0.251 e. The second-order valence-electron chi connectivity index (χ2n) is 5.20. The van der Waals surface area contributed by atoms with Gasteiger partial charge in [0.05, 0.1) is 0 Å². The second kappa shape index (κ2) is 8.09. The molecule has 0 aliphatic heterocycles. The molecular weight excluding hydrogens is 278 g/mol. The number of carbonyl (C=O) groups is 1. The zero-order chi connectivity index (χ0) is 15.8. The molecule has 2 N–H and O–H groups in total. The first-order valence-electron chi connectivity index (χ1n) is 7.17. The summed E-state index contributed by atoms with van der Waals surface area (Å²) in [5.41, 5.74) is 1.71. The van der Waals surface area contributed by atoms with Crippen LogP contribution in [0.4, 0.5) is 5.82 Å². The minimum atomic E-state index is -0.0868. The van der Waals surface area contributed by atoms with E-state index in [1.807, 2.05) is 31.1 Å². The van der Waals surface area contributed by atoms with Crippen molar-refractivity contribution in [3.8, 4) is 0 Å². The van der Waals surface area contributed by atoms with Crippen LogP contribution < -0.4 is 10.6 Å². The fourth-order valence-corrected chi connectivity index (χ4v) is 1.86. The van der Waals surface area contributed by atoms with Gasteiger partial charge >= 0.3 is 0 Å². The second-order valence-corrected chi connectivity index (χ2v) is 5.20. The van der Waals surface area contributed by atoms with Crippen LogP contribution in [0, 0.1) is 0 Å². The molecule has 2 aromatic rings. The maximum absolute atomic E-state index is 12.1. The Morgan fingerprint density at radius 1 is 1.18 bits per heavy atom. The van der Waals surface area contributed by atoms with Gasteiger partial charge in [0.1, 0.15) is 5.82 Å². The van der Waals surface area contributed by atoms with Gasteiger partial charge in [0.2, 0.25) is 0 Å². The van der Waals surface area contributed by atoms with Gasteiger partial charge in [-0.2, -0.15) is 0 Å². The van der Waals surface area contributed by atoms with Crippen LogP contribution >= 0.6 is 0 Å². The average molecular weight is 299 g/mol. The van der Waals surface area contributed by atoms with Crippen molar-refractivity contribution in [2.75, 3.05) is 32.5 Å². The number of nitrogens with zero attached hydrogens (tertiary/aromatic N) is 3. The SMILES string of the molecule is CN(C)CCNC(=O)c1ccnc(NCc2ccncc2)c1. The van der Waals surface area contributed by atoms with Crippen LogP contribution in [0.15, 0.2) is 42.9 Å². The van der Waals surface area contributed by atoms with E-state index in [1.54, 1.807) is 30.7 Å². The highest BCUT2D eigenvalue weighted by Crippen LogP contribution is 2.08. The number of anilines is 1. The molecule has 0 fully saturated rings. The summed E-state index contributed by atoms with van der Waals surface area (Å²) in [6.07, 6.45) is 5.13. The summed E-state index contributed by atoms with van der Waals surface area (Å²) in [4.78, 5) is 22.3. The maximum atomic E-state index is 12.1. The van der Waals surface area contributed by atoms with Crippen molar-refractivity contribution in [2.45, 2.75) is 6.54 Å². The topological polar surface area (TPSA) is 70.2 Å². The number of amides is 1. The first-order valence-corrected chi connectivity index (χ1v) is 7.17.